The molecule has 1 saturated heterocycles. The van der Waals surface area contributed by atoms with Gasteiger partial charge in [0.2, 0.25) is 0 Å². The lowest BCUT2D eigenvalue weighted by atomic mass is 10.1. The van der Waals surface area contributed by atoms with Gasteiger partial charge >= 0.3 is 0 Å². The highest BCUT2D eigenvalue weighted by atomic mass is 16.5. The first-order valence-electron chi connectivity index (χ1n) is 5.82. The maximum Gasteiger partial charge on any atom is 0.0507 e. The van der Waals surface area contributed by atoms with Crippen LogP contribution in [0.15, 0.2) is 18.3 Å². The molecule has 3 heteroatoms. The number of ether oxygens (including phenoxy) is 1. The van der Waals surface area contributed by atoms with Gasteiger partial charge in [0, 0.05) is 38.1 Å². The van der Waals surface area contributed by atoms with Crippen molar-refractivity contribution in [1.29, 1.82) is 0 Å². The van der Waals surface area contributed by atoms with Crippen LogP contribution in [0.4, 0.5) is 0 Å². The number of nitrogens with one attached hydrogen (secondary N) is 1. The first kappa shape index (κ1) is 10.7. The third kappa shape index (κ3) is 2.83. The van der Waals surface area contributed by atoms with Gasteiger partial charge in [-0.2, -0.15) is 0 Å². The summed E-state index contributed by atoms with van der Waals surface area (Å²) in [5.74, 6) is 0.718. The number of nitrogens with zero attached hydrogens (tertiary/aromatic N) is 1. The molecule has 1 unspecified atom stereocenters. The number of hydrogen-bond acceptors (Lipinski definition) is 2. The lowest BCUT2D eigenvalue weighted by Crippen LogP contribution is -2.23. The Bertz CT molecular complexity index is 290. The van der Waals surface area contributed by atoms with Crippen LogP contribution in [0.3, 0.4) is 0 Å². The van der Waals surface area contributed by atoms with Gasteiger partial charge in [-0.05, 0) is 31.4 Å². The van der Waals surface area contributed by atoms with Crippen LogP contribution in [-0.2, 0) is 17.8 Å². The van der Waals surface area contributed by atoms with E-state index in [4.69, 9.17) is 4.74 Å². The zero-order valence-corrected chi connectivity index (χ0v) is 9.41. The van der Waals surface area contributed by atoms with Crippen molar-refractivity contribution in [3.05, 3.63) is 24.0 Å². The molecule has 1 aromatic rings. The highest BCUT2D eigenvalue weighted by Crippen LogP contribution is 2.11. The standard InChI is InChI=1S/C12H20N2O/c1-2-14-6-3-4-12(14)9-13-8-11-5-7-15-10-11/h3-4,6,11,13H,2,5,7-10H2,1H3. The van der Waals surface area contributed by atoms with Crippen molar-refractivity contribution in [2.45, 2.75) is 26.4 Å². The molecule has 2 heterocycles. The Morgan fingerprint density at radius 3 is 3.27 bits per heavy atom. The highest BCUT2D eigenvalue weighted by molar-refractivity contribution is 5.06. The summed E-state index contributed by atoms with van der Waals surface area (Å²) >= 11 is 0. The van der Waals surface area contributed by atoms with Gasteiger partial charge in [0.25, 0.3) is 0 Å². The third-order valence-electron chi connectivity index (χ3n) is 3.03. The molecule has 15 heavy (non-hydrogen) atoms. The molecule has 0 aliphatic carbocycles. The second-order valence-corrected chi connectivity index (χ2v) is 4.15. The van der Waals surface area contributed by atoms with Gasteiger partial charge in [0.1, 0.15) is 0 Å². The summed E-state index contributed by atoms with van der Waals surface area (Å²) in [6.07, 6.45) is 3.34. The Balaban J connectivity index is 1.73. The highest BCUT2D eigenvalue weighted by Gasteiger charge is 2.14. The first-order valence-corrected chi connectivity index (χ1v) is 5.82. The summed E-state index contributed by atoms with van der Waals surface area (Å²) in [4.78, 5) is 0. The van der Waals surface area contributed by atoms with E-state index in [0.29, 0.717) is 0 Å². The van der Waals surface area contributed by atoms with Crippen molar-refractivity contribution < 1.29 is 4.74 Å². The lowest BCUT2D eigenvalue weighted by Gasteiger charge is -2.10. The van der Waals surface area contributed by atoms with E-state index in [-0.39, 0.29) is 0 Å². The van der Waals surface area contributed by atoms with Gasteiger partial charge in [0.05, 0.1) is 6.61 Å². The smallest absolute Gasteiger partial charge is 0.0507 e. The van der Waals surface area contributed by atoms with Gasteiger partial charge in [-0.3, -0.25) is 0 Å². The van der Waals surface area contributed by atoms with Crippen LogP contribution in [0.25, 0.3) is 0 Å². The predicted molar refractivity (Wildman–Crippen MR) is 60.7 cm³/mol. The Kier molecular flexibility index (Phi) is 3.80. The van der Waals surface area contributed by atoms with E-state index in [0.717, 1.165) is 38.8 Å². The first-order chi connectivity index (χ1) is 7.40. The predicted octanol–water partition coefficient (Wildman–Crippen LogP) is 1.63. The average Bonchev–Trinajstić information content (AvgIpc) is 2.88. The quantitative estimate of drug-likeness (QED) is 0.796. The Hall–Kier alpha value is -0.800. The molecule has 0 aromatic carbocycles. The molecule has 0 radical (unpaired) electrons. The Morgan fingerprint density at radius 1 is 1.60 bits per heavy atom. The molecular weight excluding hydrogens is 188 g/mol. The minimum Gasteiger partial charge on any atom is -0.381 e. The van der Waals surface area contributed by atoms with E-state index < -0.39 is 0 Å². The third-order valence-corrected chi connectivity index (χ3v) is 3.03. The maximum absolute atomic E-state index is 5.34. The van der Waals surface area contributed by atoms with Gasteiger partial charge in [-0.15, -0.1) is 0 Å². The number of rotatable bonds is 5. The molecule has 0 spiro atoms. The molecule has 1 aliphatic heterocycles. The monoisotopic (exact) mass is 208 g/mol. The topological polar surface area (TPSA) is 26.2 Å². The van der Waals surface area contributed by atoms with Crippen LogP contribution in [-0.4, -0.2) is 24.3 Å². The van der Waals surface area contributed by atoms with Crippen molar-refractivity contribution in [3.8, 4) is 0 Å². The second kappa shape index (κ2) is 5.33. The molecular formula is C12H20N2O. The van der Waals surface area contributed by atoms with Crippen molar-refractivity contribution in [2.75, 3.05) is 19.8 Å². The minimum atomic E-state index is 0.718. The molecule has 1 fully saturated rings. The van der Waals surface area contributed by atoms with Crippen LogP contribution < -0.4 is 5.32 Å². The van der Waals surface area contributed by atoms with Crippen molar-refractivity contribution in [3.63, 3.8) is 0 Å². The zero-order valence-electron chi connectivity index (χ0n) is 9.41. The van der Waals surface area contributed by atoms with Crippen LogP contribution >= 0.6 is 0 Å². The molecule has 0 saturated carbocycles. The summed E-state index contributed by atoms with van der Waals surface area (Å²) in [5, 5.41) is 3.50. The van der Waals surface area contributed by atoms with Gasteiger partial charge in [0.15, 0.2) is 0 Å². The number of aromatic nitrogens is 1. The fourth-order valence-electron chi connectivity index (χ4n) is 2.07. The van der Waals surface area contributed by atoms with E-state index in [1.807, 2.05) is 0 Å². The molecule has 1 aliphatic rings. The average molecular weight is 208 g/mol. The normalized spacial score (nSPS) is 21.0. The second-order valence-electron chi connectivity index (χ2n) is 4.15. The molecule has 1 aromatic heterocycles. The molecule has 2 rings (SSSR count). The van der Waals surface area contributed by atoms with Gasteiger partial charge < -0.3 is 14.6 Å². The van der Waals surface area contributed by atoms with Gasteiger partial charge in [-0.1, -0.05) is 0 Å². The molecule has 3 nitrogen and oxygen atoms in total. The summed E-state index contributed by atoms with van der Waals surface area (Å²) in [6.45, 7) is 7.15. The molecule has 84 valence electrons. The summed E-state index contributed by atoms with van der Waals surface area (Å²) in [6, 6.07) is 4.29. The van der Waals surface area contributed by atoms with Crippen molar-refractivity contribution in [2.24, 2.45) is 5.92 Å². The van der Waals surface area contributed by atoms with Crippen LogP contribution in [0, 0.1) is 5.92 Å². The molecule has 1 atom stereocenters. The van der Waals surface area contributed by atoms with Crippen molar-refractivity contribution >= 4 is 0 Å². The Morgan fingerprint density at radius 2 is 2.53 bits per heavy atom. The fraction of sp³-hybridized carbons (Fsp3) is 0.667. The van der Waals surface area contributed by atoms with Crippen molar-refractivity contribution in [1.82, 2.24) is 9.88 Å². The Labute approximate surface area is 91.4 Å². The summed E-state index contributed by atoms with van der Waals surface area (Å²) < 4.78 is 7.62. The zero-order chi connectivity index (χ0) is 10.5. The SMILES string of the molecule is CCn1cccc1CNCC1CCOC1. The van der Waals surface area contributed by atoms with E-state index in [9.17, 15) is 0 Å². The van der Waals surface area contributed by atoms with Crippen LogP contribution in [0.1, 0.15) is 19.0 Å². The lowest BCUT2D eigenvalue weighted by molar-refractivity contribution is 0.185. The van der Waals surface area contributed by atoms with Crippen LogP contribution in [0.2, 0.25) is 0 Å². The summed E-state index contributed by atoms with van der Waals surface area (Å²) in [7, 11) is 0. The maximum atomic E-state index is 5.34. The molecule has 0 bridgehead atoms. The summed E-state index contributed by atoms with van der Waals surface area (Å²) in [5.41, 5.74) is 1.37. The van der Waals surface area contributed by atoms with E-state index in [1.54, 1.807) is 0 Å². The molecule has 1 N–H and O–H groups in total. The van der Waals surface area contributed by atoms with E-state index in [1.165, 1.54) is 12.1 Å². The minimum absolute atomic E-state index is 0.718. The number of aryl methyl sites for hydroxylation is 1. The van der Waals surface area contributed by atoms with Gasteiger partial charge in [-0.25, -0.2) is 0 Å². The molecule has 0 amide bonds. The van der Waals surface area contributed by atoms with E-state index in [2.05, 4.69) is 35.1 Å². The fourth-order valence-corrected chi connectivity index (χ4v) is 2.07. The number of hydrogen-bond donors (Lipinski definition) is 1. The van der Waals surface area contributed by atoms with Crippen LogP contribution in [0.5, 0.6) is 0 Å². The van der Waals surface area contributed by atoms with E-state index >= 15 is 0 Å². The largest absolute Gasteiger partial charge is 0.381 e.